The van der Waals surface area contributed by atoms with Crippen molar-refractivity contribution in [1.82, 2.24) is 5.32 Å². The van der Waals surface area contributed by atoms with Crippen molar-refractivity contribution in [1.29, 1.82) is 0 Å². The molecule has 0 atom stereocenters. The number of hydrogen-bond donors (Lipinski definition) is 2. The van der Waals surface area contributed by atoms with Crippen LogP contribution in [-0.4, -0.2) is 17.6 Å². The summed E-state index contributed by atoms with van der Waals surface area (Å²) in [6.45, 7) is 0.644. The van der Waals surface area contributed by atoms with Gasteiger partial charge in [0.2, 0.25) is 0 Å². The third-order valence-corrected chi connectivity index (χ3v) is 3.94. The number of carbonyl (C=O) groups is 1. The van der Waals surface area contributed by atoms with Crippen molar-refractivity contribution in [2.75, 3.05) is 6.54 Å². The summed E-state index contributed by atoms with van der Waals surface area (Å²) in [5, 5.41) is 12.4. The Morgan fingerprint density at radius 1 is 1.10 bits per heavy atom. The molecule has 1 saturated carbocycles. The summed E-state index contributed by atoms with van der Waals surface area (Å²) in [4.78, 5) is 12.1. The van der Waals surface area contributed by atoms with Crippen LogP contribution in [0.5, 0.6) is 5.75 Å². The van der Waals surface area contributed by atoms with Gasteiger partial charge in [0.05, 0.1) is 0 Å². The van der Waals surface area contributed by atoms with E-state index in [1.54, 1.807) is 18.2 Å². The minimum Gasteiger partial charge on any atom is -0.508 e. The van der Waals surface area contributed by atoms with Gasteiger partial charge in [0, 0.05) is 17.5 Å². The van der Waals surface area contributed by atoms with Crippen molar-refractivity contribution in [2.45, 2.75) is 18.3 Å². The zero-order valence-corrected chi connectivity index (χ0v) is 11.2. The molecule has 0 bridgehead atoms. The number of carbonyl (C=O) groups excluding carboxylic acids is 1. The summed E-state index contributed by atoms with van der Waals surface area (Å²) in [5.74, 6) is -0.0232. The highest BCUT2D eigenvalue weighted by Crippen LogP contribution is 2.47. The zero-order valence-electron chi connectivity index (χ0n) is 11.2. The Morgan fingerprint density at radius 3 is 2.50 bits per heavy atom. The van der Waals surface area contributed by atoms with Gasteiger partial charge in [-0.3, -0.25) is 4.79 Å². The third-order valence-electron chi connectivity index (χ3n) is 3.94. The number of rotatable bonds is 4. The zero-order chi connectivity index (χ0) is 14.0. The number of aromatic hydroxyl groups is 1. The highest BCUT2D eigenvalue weighted by molar-refractivity contribution is 5.94. The molecule has 2 N–H and O–H groups in total. The average Bonchev–Trinajstić information content (AvgIpc) is 3.27. The third kappa shape index (κ3) is 2.52. The summed E-state index contributed by atoms with van der Waals surface area (Å²) in [5.41, 5.74) is 1.89. The lowest BCUT2D eigenvalue weighted by molar-refractivity contribution is 0.0949. The highest BCUT2D eigenvalue weighted by atomic mass is 16.3. The topological polar surface area (TPSA) is 49.3 Å². The quantitative estimate of drug-likeness (QED) is 0.895. The summed E-state index contributed by atoms with van der Waals surface area (Å²) in [7, 11) is 0. The molecule has 1 fully saturated rings. The largest absolute Gasteiger partial charge is 0.508 e. The summed E-state index contributed by atoms with van der Waals surface area (Å²) in [6.07, 6.45) is 2.22. The van der Waals surface area contributed by atoms with Gasteiger partial charge in [-0.15, -0.1) is 0 Å². The second-order valence-corrected chi connectivity index (χ2v) is 5.38. The minimum absolute atomic E-state index is 0.105. The number of benzene rings is 2. The molecule has 3 rings (SSSR count). The summed E-state index contributed by atoms with van der Waals surface area (Å²) < 4.78 is 0. The lowest BCUT2D eigenvalue weighted by Gasteiger charge is -2.16. The maximum Gasteiger partial charge on any atom is 0.251 e. The molecule has 3 nitrogen and oxygen atoms in total. The van der Waals surface area contributed by atoms with Crippen LogP contribution in [0, 0.1) is 0 Å². The van der Waals surface area contributed by atoms with E-state index in [0.29, 0.717) is 12.1 Å². The number of phenolic OH excluding ortho intramolecular Hbond substituents is 1. The Kier molecular flexibility index (Phi) is 3.18. The minimum atomic E-state index is -0.136. The Morgan fingerprint density at radius 2 is 1.85 bits per heavy atom. The second-order valence-electron chi connectivity index (χ2n) is 5.38. The standard InChI is InChI=1S/C17H17NO2/c19-15-8-4-5-13(11-15)16(20)18-12-17(9-10-17)14-6-2-1-3-7-14/h1-8,11,19H,9-10,12H2,(H,18,20). The van der Waals surface area contributed by atoms with E-state index in [9.17, 15) is 9.90 Å². The Bertz CT molecular complexity index is 618. The van der Waals surface area contributed by atoms with Crippen LogP contribution in [0.25, 0.3) is 0 Å². The first-order valence-corrected chi connectivity index (χ1v) is 6.82. The van der Waals surface area contributed by atoms with Crippen molar-refractivity contribution < 1.29 is 9.90 Å². The van der Waals surface area contributed by atoms with E-state index in [1.165, 1.54) is 11.6 Å². The van der Waals surface area contributed by atoms with Crippen LogP contribution in [0.3, 0.4) is 0 Å². The Labute approximate surface area is 118 Å². The normalized spacial score (nSPS) is 15.6. The lowest BCUT2D eigenvalue weighted by atomic mass is 9.96. The molecule has 0 spiro atoms. The summed E-state index contributed by atoms with van der Waals surface area (Å²) in [6, 6.07) is 16.7. The molecular weight excluding hydrogens is 250 g/mol. The predicted molar refractivity (Wildman–Crippen MR) is 77.8 cm³/mol. The molecule has 1 aliphatic carbocycles. The Hall–Kier alpha value is -2.29. The highest BCUT2D eigenvalue weighted by Gasteiger charge is 2.44. The molecule has 0 heterocycles. The van der Waals surface area contributed by atoms with Gasteiger partial charge in [-0.05, 0) is 36.6 Å². The van der Waals surface area contributed by atoms with E-state index in [1.807, 2.05) is 18.2 Å². The van der Waals surface area contributed by atoms with Crippen molar-refractivity contribution in [3.05, 3.63) is 65.7 Å². The molecule has 102 valence electrons. The fourth-order valence-electron chi connectivity index (χ4n) is 2.51. The Balaban J connectivity index is 1.67. The fourth-order valence-corrected chi connectivity index (χ4v) is 2.51. The van der Waals surface area contributed by atoms with Gasteiger partial charge < -0.3 is 10.4 Å². The number of amides is 1. The van der Waals surface area contributed by atoms with E-state index >= 15 is 0 Å². The molecule has 2 aromatic rings. The van der Waals surface area contributed by atoms with Crippen molar-refractivity contribution >= 4 is 5.91 Å². The lowest BCUT2D eigenvalue weighted by Crippen LogP contribution is -2.32. The molecule has 0 saturated heterocycles. The summed E-state index contributed by atoms with van der Waals surface area (Å²) >= 11 is 0. The van der Waals surface area contributed by atoms with Gasteiger partial charge >= 0.3 is 0 Å². The smallest absolute Gasteiger partial charge is 0.251 e. The molecule has 1 amide bonds. The van der Waals surface area contributed by atoms with Crippen LogP contribution in [0.1, 0.15) is 28.8 Å². The van der Waals surface area contributed by atoms with Crippen LogP contribution in [-0.2, 0) is 5.41 Å². The predicted octanol–water partition coefficient (Wildman–Crippen LogP) is 2.85. The molecule has 0 aromatic heterocycles. The molecule has 0 unspecified atom stereocenters. The van der Waals surface area contributed by atoms with Gasteiger partial charge in [0.15, 0.2) is 0 Å². The molecule has 3 heteroatoms. The maximum absolute atomic E-state index is 12.1. The van der Waals surface area contributed by atoms with E-state index < -0.39 is 0 Å². The first kappa shape index (κ1) is 12.7. The maximum atomic E-state index is 12.1. The molecule has 20 heavy (non-hydrogen) atoms. The van der Waals surface area contributed by atoms with Gasteiger partial charge in [-0.25, -0.2) is 0 Å². The van der Waals surface area contributed by atoms with Gasteiger partial charge in [0.1, 0.15) is 5.75 Å². The fraction of sp³-hybridized carbons (Fsp3) is 0.235. The molecular formula is C17H17NO2. The molecule has 0 radical (unpaired) electrons. The van der Waals surface area contributed by atoms with Crippen molar-refractivity contribution in [3.8, 4) is 5.75 Å². The SMILES string of the molecule is O=C(NCC1(c2ccccc2)CC1)c1cccc(O)c1. The molecule has 0 aliphatic heterocycles. The van der Waals surface area contributed by atoms with Gasteiger partial charge in [-0.1, -0.05) is 36.4 Å². The van der Waals surface area contributed by atoms with Crippen LogP contribution < -0.4 is 5.32 Å². The number of nitrogens with one attached hydrogen (secondary N) is 1. The first-order valence-electron chi connectivity index (χ1n) is 6.82. The number of phenols is 1. The molecule has 2 aromatic carbocycles. The van der Waals surface area contributed by atoms with E-state index in [-0.39, 0.29) is 17.1 Å². The first-order chi connectivity index (χ1) is 9.70. The monoisotopic (exact) mass is 267 g/mol. The van der Waals surface area contributed by atoms with Crippen LogP contribution in [0.4, 0.5) is 0 Å². The van der Waals surface area contributed by atoms with E-state index in [4.69, 9.17) is 0 Å². The van der Waals surface area contributed by atoms with E-state index in [2.05, 4.69) is 17.4 Å². The van der Waals surface area contributed by atoms with Gasteiger partial charge in [-0.2, -0.15) is 0 Å². The van der Waals surface area contributed by atoms with Crippen LogP contribution in [0.2, 0.25) is 0 Å². The van der Waals surface area contributed by atoms with Crippen molar-refractivity contribution in [3.63, 3.8) is 0 Å². The van der Waals surface area contributed by atoms with Crippen LogP contribution >= 0.6 is 0 Å². The van der Waals surface area contributed by atoms with E-state index in [0.717, 1.165) is 12.8 Å². The number of hydrogen-bond acceptors (Lipinski definition) is 2. The second kappa shape index (κ2) is 5.00. The van der Waals surface area contributed by atoms with Gasteiger partial charge in [0.25, 0.3) is 5.91 Å². The van der Waals surface area contributed by atoms with Crippen molar-refractivity contribution in [2.24, 2.45) is 0 Å². The molecule has 1 aliphatic rings. The van der Waals surface area contributed by atoms with Crippen LogP contribution in [0.15, 0.2) is 54.6 Å². The average molecular weight is 267 g/mol.